The molecule has 0 bridgehead atoms. The summed E-state index contributed by atoms with van der Waals surface area (Å²) in [6.45, 7) is 4.37. The van der Waals surface area contributed by atoms with Crippen molar-refractivity contribution in [1.82, 2.24) is 5.32 Å². The van der Waals surface area contributed by atoms with Gasteiger partial charge in [-0.1, -0.05) is 54.0 Å². The Morgan fingerprint density at radius 3 is 2.33 bits per heavy atom. The molecule has 112 valence electrons. The Hall–Kier alpha value is -1.19. The van der Waals surface area contributed by atoms with Gasteiger partial charge in [0.1, 0.15) is 5.82 Å². The highest BCUT2D eigenvalue weighted by Crippen LogP contribution is 2.25. The lowest BCUT2D eigenvalue weighted by molar-refractivity contribution is 0.533. The summed E-state index contributed by atoms with van der Waals surface area (Å²) in [6, 6.07) is 13.6. The molecule has 1 N–H and O–H groups in total. The van der Waals surface area contributed by atoms with Crippen molar-refractivity contribution in [1.29, 1.82) is 0 Å². The summed E-state index contributed by atoms with van der Waals surface area (Å²) in [6.07, 6.45) is 0.766. The molecule has 2 aromatic carbocycles. The summed E-state index contributed by atoms with van der Waals surface area (Å²) >= 11 is 3.41. The first kappa shape index (κ1) is 16.2. The lowest BCUT2D eigenvalue weighted by atomic mass is 9.96. The zero-order valence-corrected chi connectivity index (χ0v) is 14.2. The quantitative estimate of drug-likeness (QED) is 0.780. The van der Waals surface area contributed by atoms with E-state index in [0.29, 0.717) is 11.5 Å². The predicted molar refractivity (Wildman–Crippen MR) is 90.1 cm³/mol. The average Bonchev–Trinajstić information content (AvgIpc) is 2.48. The Kier molecular flexibility index (Phi) is 5.54. The highest BCUT2D eigenvalue weighted by molar-refractivity contribution is 9.10. The topological polar surface area (TPSA) is 12.0 Å². The van der Waals surface area contributed by atoms with Crippen LogP contribution in [0.25, 0.3) is 0 Å². The monoisotopic (exact) mass is 349 g/mol. The van der Waals surface area contributed by atoms with Crippen LogP contribution in [0.2, 0.25) is 0 Å². The molecule has 0 aliphatic rings. The fraction of sp³-hybridized carbons (Fsp3) is 0.333. The lowest BCUT2D eigenvalue weighted by Crippen LogP contribution is -2.20. The molecule has 0 radical (unpaired) electrons. The first-order valence-corrected chi connectivity index (χ1v) is 8.01. The molecule has 0 aliphatic carbocycles. The van der Waals surface area contributed by atoms with Gasteiger partial charge in [-0.15, -0.1) is 0 Å². The fourth-order valence-corrected chi connectivity index (χ4v) is 2.80. The van der Waals surface area contributed by atoms with Crippen LogP contribution in [0.4, 0.5) is 4.39 Å². The average molecular weight is 350 g/mol. The van der Waals surface area contributed by atoms with Crippen LogP contribution in [0.1, 0.15) is 42.5 Å². The van der Waals surface area contributed by atoms with Crippen molar-refractivity contribution < 1.29 is 4.39 Å². The Bertz CT molecular complexity index is 593. The maximum atomic E-state index is 14.0. The molecule has 1 atom stereocenters. The molecule has 1 unspecified atom stereocenters. The molecular formula is C18H21BrFN. The van der Waals surface area contributed by atoms with Gasteiger partial charge in [0, 0.05) is 16.1 Å². The molecule has 0 aliphatic heterocycles. The second-order valence-electron chi connectivity index (χ2n) is 5.61. The molecule has 2 rings (SSSR count). The van der Waals surface area contributed by atoms with Gasteiger partial charge in [-0.2, -0.15) is 0 Å². The fourth-order valence-electron chi connectivity index (χ4n) is 2.42. The van der Waals surface area contributed by atoms with Crippen molar-refractivity contribution in [3.8, 4) is 0 Å². The number of hydrogen-bond acceptors (Lipinski definition) is 1. The number of halogens is 2. The van der Waals surface area contributed by atoms with E-state index in [4.69, 9.17) is 0 Å². The van der Waals surface area contributed by atoms with E-state index in [0.717, 1.165) is 10.9 Å². The van der Waals surface area contributed by atoms with E-state index in [1.807, 2.05) is 13.1 Å². The summed E-state index contributed by atoms with van der Waals surface area (Å²) in [5.41, 5.74) is 3.23. The zero-order valence-electron chi connectivity index (χ0n) is 12.7. The summed E-state index contributed by atoms with van der Waals surface area (Å²) in [4.78, 5) is 0. The minimum atomic E-state index is -0.170. The Balaban J connectivity index is 2.20. The van der Waals surface area contributed by atoms with E-state index in [9.17, 15) is 4.39 Å². The molecular weight excluding hydrogens is 329 g/mol. The normalized spacial score (nSPS) is 12.7. The largest absolute Gasteiger partial charge is 0.313 e. The van der Waals surface area contributed by atoms with Gasteiger partial charge in [-0.25, -0.2) is 4.39 Å². The van der Waals surface area contributed by atoms with Crippen LogP contribution in [0.15, 0.2) is 46.9 Å². The van der Waals surface area contributed by atoms with Crippen LogP contribution >= 0.6 is 15.9 Å². The van der Waals surface area contributed by atoms with Gasteiger partial charge in [-0.05, 0) is 48.7 Å². The van der Waals surface area contributed by atoms with Crippen LogP contribution in [0.5, 0.6) is 0 Å². The maximum absolute atomic E-state index is 14.0. The third-order valence-electron chi connectivity index (χ3n) is 3.77. The molecule has 0 aromatic heterocycles. The van der Waals surface area contributed by atoms with Crippen molar-refractivity contribution in [3.63, 3.8) is 0 Å². The summed E-state index contributed by atoms with van der Waals surface area (Å²) in [5, 5.41) is 3.21. The van der Waals surface area contributed by atoms with Crippen molar-refractivity contribution in [3.05, 3.63) is 69.4 Å². The van der Waals surface area contributed by atoms with E-state index in [1.54, 1.807) is 6.07 Å². The number of hydrogen-bond donors (Lipinski definition) is 1. The molecule has 0 heterocycles. The Morgan fingerprint density at radius 1 is 1.10 bits per heavy atom. The lowest BCUT2D eigenvalue weighted by Gasteiger charge is -2.18. The van der Waals surface area contributed by atoms with Crippen LogP contribution < -0.4 is 5.32 Å². The van der Waals surface area contributed by atoms with Gasteiger partial charge in [0.2, 0.25) is 0 Å². The minimum absolute atomic E-state index is 0.0348. The van der Waals surface area contributed by atoms with Gasteiger partial charge in [0.15, 0.2) is 0 Å². The van der Waals surface area contributed by atoms with E-state index in [-0.39, 0.29) is 11.9 Å². The van der Waals surface area contributed by atoms with Crippen LogP contribution in [0.3, 0.4) is 0 Å². The van der Waals surface area contributed by atoms with E-state index < -0.39 is 0 Å². The van der Waals surface area contributed by atoms with Gasteiger partial charge in [-0.3, -0.25) is 0 Å². The van der Waals surface area contributed by atoms with Crippen LogP contribution in [0, 0.1) is 5.82 Å². The first-order chi connectivity index (χ1) is 10.0. The van der Waals surface area contributed by atoms with Crippen LogP contribution in [-0.4, -0.2) is 7.05 Å². The smallest absolute Gasteiger partial charge is 0.128 e. The molecule has 21 heavy (non-hydrogen) atoms. The molecule has 0 fully saturated rings. The van der Waals surface area contributed by atoms with E-state index in [1.165, 1.54) is 17.2 Å². The summed E-state index contributed by atoms with van der Waals surface area (Å²) < 4.78 is 14.9. The van der Waals surface area contributed by atoms with Crippen molar-refractivity contribution >= 4 is 15.9 Å². The highest BCUT2D eigenvalue weighted by Gasteiger charge is 2.15. The number of rotatable bonds is 5. The van der Waals surface area contributed by atoms with E-state index >= 15 is 0 Å². The molecule has 2 aromatic rings. The molecule has 0 saturated heterocycles. The zero-order chi connectivity index (χ0) is 15.4. The molecule has 0 saturated carbocycles. The van der Waals surface area contributed by atoms with Gasteiger partial charge >= 0.3 is 0 Å². The molecule has 0 amide bonds. The molecule has 0 spiro atoms. The second kappa shape index (κ2) is 7.19. The van der Waals surface area contributed by atoms with Gasteiger partial charge in [0.25, 0.3) is 0 Å². The van der Waals surface area contributed by atoms with Crippen molar-refractivity contribution in [2.75, 3.05) is 7.05 Å². The molecule has 3 heteroatoms. The van der Waals surface area contributed by atoms with Gasteiger partial charge in [0.05, 0.1) is 0 Å². The highest BCUT2D eigenvalue weighted by atomic mass is 79.9. The summed E-state index contributed by atoms with van der Waals surface area (Å²) in [5.74, 6) is 0.359. The number of likely N-dealkylation sites (N-methyl/N-ethyl adjacent to an activating group) is 1. The number of benzene rings is 2. The Morgan fingerprint density at radius 2 is 1.76 bits per heavy atom. The first-order valence-electron chi connectivity index (χ1n) is 7.22. The second-order valence-corrected chi connectivity index (χ2v) is 6.52. The van der Waals surface area contributed by atoms with Gasteiger partial charge < -0.3 is 5.32 Å². The van der Waals surface area contributed by atoms with E-state index in [2.05, 4.69) is 59.4 Å². The standard InChI is InChI=1S/C18H21BrFN/c1-12(2)14-6-4-13(5-7-14)10-18(21-3)16-11-15(19)8-9-17(16)20/h4-9,11-12,18,21H,10H2,1-3H3. The third-order valence-corrected chi connectivity index (χ3v) is 4.26. The third kappa shape index (κ3) is 4.14. The minimum Gasteiger partial charge on any atom is -0.313 e. The Labute approximate surface area is 134 Å². The SMILES string of the molecule is CNC(Cc1ccc(C(C)C)cc1)c1cc(Br)ccc1F. The number of nitrogens with one attached hydrogen (secondary N) is 1. The predicted octanol–water partition coefficient (Wildman–Crippen LogP) is 5.21. The summed E-state index contributed by atoms with van der Waals surface area (Å²) in [7, 11) is 1.87. The maximum Gasteiger partial charge on any atom is 0.128 e. The van der Waals surface area contributed by atoms with Crippen LogP contribution in [-0.2, 0) is 6.42 Å². The van der Waals surface area contributed by atoms with Crippen molar-refractivity contribution in [2.24, 2.45) is 0 Å². The van der Waals surface area contributed by atoms with Crippen molar-refractivity contribution in [2.45, 2.75) is 32.2 Å². The molecule has 1 nitrogen and oxygen atoms in total.